The number of nitro groups is 1. The summed E-state index contributed by atoms with van der Waals surface area (Å²) in [6, 6.07) is 5.10. The molecule has 110 valence electrons. The van der Waals surface area contributed by atoms with Gasteiger partial charge >= 0.3 is 6.16 Å². The largest absolute Gasteiger partial charge is 0.513 e. The Morgan fingerprint density at radius 3 is 2.35 bits per heavy atom. The van der Waals surface area contributed by atoms with Crippen molar-refractivity contribution in [3.05, 3.63) is 34.4 Å². The van der Waals surface area contributed by atoms with E-state index < -0.39 is 11.1 Å². The molecule has 1 unspecified atom stereocenters. The SMILES string of the molecule is COC(=O)Oc1ccc([N+](=O)[O-])cc1.COCC1CO1. The van der Waals surface area contributed by atoms with Gasteiger partial charge in [0.15, 0.2) is 0 Å². The molecule has 1 aromatic carbocycles. The molecule has 0 spiro atoms. The molecule has 8 heteroatoms. The van der Waals surface area contributed by atoms with Crippen LogP contribution in [0.5, 0.6) is 5.75 Å². The highest BCUT2D eigenvalue weighted by Crippen LogP contribution is 2.17. The molecule has 0 bridgehead atoms. The molecule has 0 radical (unpaired) electrons. The van der Waals surface area contributed by atoms with Crippen molar-refractivity contribution < 1.29 is 28.7 Å². The fourth-order valence-corrected chi connectivity index (χ4v) is 1.12. The van der Waals surface area contributed by atoms with Gasteiger partial charge in [-0.3, -0.25) is 10.1 Å². The van der Waals surface area contributed by atoms with Gasteiger partial charge in [0.2, 0.25) is 0 Å². The second kappa shape index (κ2) is 8.08. The van der Waals surface area contributed by atoms with E-state index in [0.29, 0.717) is 6.10 Å². The molecule has 0 saturated carbocycles. The lowest BCUT2D eigenvalue weighted by molar-refractivity contribution is -0.384. The van der Waals surface area contributed by atoms with Gasteiger partial charge in [0.25, 0.3) is 5.69 Å². The summed E-state index contributed by atoms with van der Waals surface area (Å²) in [6.07, 6.45) is -0.436. The van der Waals surface area contributed by atoms with Crippen LogP contribution in [0.3, 0.4) is 0 Å². The fraction of sp³-hybridized carbons (Fsp3) is 0.417. The zero-order valence-corrected chi connectivity index (χ0v) is 11.1. The van der Waals surface area contributed by atoms with Crippen molar-refractivity contribution in [2.75, 3.05) is 27.4 Å². The number of nitro benzene ring substituents is 1. The van der Waals surface area contributed by atoms with Crippen molar-refractivity contribution in [3.63, 3.8) is 0 Å². The maximum atomic E-state index is 10.6. The number of hydrogen-bond donors (Lipinski definition) is 0. The smallest absolute Gasteiger partial charge is 0.437 e. The summed E-state index contributed by atoms with van der Waals surface area (Å²) in [7, 11) is 2.86. The number of ether oxygens (including phenoxy) is 4. The molecule has 0 amide bonds. The molecule has 0 N–H and O–H groups in total. The third-order valence-electron chi connectivity index (χ3n) is 2.17. The molecule has 1 aliphatic rings. The topological polar surface area (TPSA) is 100 Å². The monoisotopic (exact) mass is 285 g/mol. The van der Waals surface area contributed by atoms with Crippen LogP contribution in [0.25, 0.3) is 0 Å². The van der Waals surface area contributed by atoms with Gasteiger partial charge in [0, 0.05) is 19.2 Å². The Morgan fingerprint density at radius 1 is 1.40 bits per heavy atom. The minimum Gasteiger partial charge on any atom is -0.437 e. The Bertz CT molecular complexity index is 442. The molecule has 0 aromatic heterocycles. The first-order chi connectivity index (χ1) is 9.56. The molecule has 1 aromatic rings. The van der Waals surface area contributed by atoms with E-state index in [-0.39, 0.29) is 11.4 Å². The number of carbonyl (C=O) groups excluding carboxylic acids is 1. The van der Waals surface area contributed by atoms with Gasteiger partial charge in [0.1, 0.15) is 11.9 Å². The fourth-order valence-electron chi connectivity index (χ4n) is 1.12. The molecular formula is C12H15NO7. The first kappa shape index (κ1) is 15.9. The van der Waals surface area contributed by atoms with Crippen molar-refractivity contribution in [2.45, 2.75) is 6.10 Å². The lowest BCUT2D eigenvalue weighted by atomic mass is 10.3. The Kier molecular flexibility index (Phi) is 6.41. The lowest BCUT2D eigenvalue weighted by Gasteiger charge is -2.00. The van der Waals surface area contributed by atoms with Crippen LogP contribution < -0.4 is 4.74 Å². The maximum Gasteiger partial charge on any atom is 0.513 e. The van der Waals surface area contributed by atoms with Crippen LogP contribution in [0.1, 0.15) is 0 Å². The Balaban J connectivity index is 0.000000276. The minimum absolute atomic E-state index is 0.0674. The summed E-state index contributed by atoms with van der Waals surface area (Å²) in [6.45, 7) is 1.66. The molecule has 8 nitrogen and oxygen atoms in total. The highest BCUT2D eigenvalue weighted by atomic mass is 16.7. The number of benzene rings is 1. The van der Waals surface area contributed by atoms with E-state index in [2.05, 4.69) is 9.47 Å². The van der Waals surface area contributed by atoms with Crippen molar-refractivity contribution in [1.82, 2.24) is 0 Å². The molecular weight excluding hydrogens is 270 g/mol. The van der Waals surface area contributed by atoms with Gasteiger partial charge in [-0.05, 0) is 12.1 Å². The molecule has 1 fully saturated rings. The Morgan fingerprint density at radius 2 is 2.00 bits per heavy atom. The predicted octanol–water partition coefficient (Wildman–Crippen LogP) is 1.77. The number of methoxy groups -OCH3 is 2. The lowest BCUT2D eigenvalue weighted by Crippen LogP contribution is -2.06. The van der Waals surface area contributed by atoms with Gasteiger partial charge in [-0.2, -0.15) is 0 Å². The molecule has 1 saturated heterocycles. The van der Waals surface area contributed by atoms with Crippen molar-refractivity contribution in [1.29, 1.82) is 0 Å². The first-order valence-corrected chi connectivity index (χ1v) is 5.67. The third kappa shape index (κ3) is 6.12. The van der Waals surface area contributed by atoms with Gasteiger partial charge in [0.05, 0.1) is 25.2 Å². The summed E-state index contributed by atoms with van der Waals surface area (Å²) in [5.41, 5.74) is -0.0674. The van der Waals surface area contributed by atoms with E-state index >= 15 is 0 Å². The molecule has 2 rings (SSSR count). The summed E-state index contributed by atoms with van der Waals surface area (Å²) >= 11 is 0. The number of non-ortho nitro benzene ring substituents is 1. The Labute approximate surface area is 115 Å². The molecule has 1 atom stereocenters. The summed E-state index contributed by atoms with van der Waals surface area (Å²) in [5.74, 6) is 0.197. The second-order valence-electron chi connectivity index (χ2n) is 3.72. The van der Waals surface area contributed by atoms with Crippen LogP contribution in [0.2, 0.25) is 0 Å². The normalized spacial score (nSPS) is 15.6. The average Bonchev–Trinajstić information content (AvgIpc) is 3.24. The summed E-state index contributed by atoms with van der Waals surface area (Å²) < 4.78 is 18.4. The number of rotatable bonds is 4. The van der Waals surface area contributed by atoms with E-state index in [1.165, 1.54) is 31.4 Å². The Hall–Kier alpha value is -2.19. The predicted molar refractivity (Wildman–Crippen MR) is 67.7 cm³/mol. The summed E-state index contributed by atoms with van der Waals surface area (Å²) in [4.78, 5) is 20.3. The van der Waals surface area contributed by atoms with Crippen LogP contribution in [-0.4, -0.2) is 44.6 Å². The average molecular weight is 285 g/mol. The van der Waals surface area contributed by atoms with Gasteiger partial charge in [-0.25, -0.2) is 4.79 Å². The highest BCUT2D eigenvalue weighted by molar-refractivity contribution is 5.63. The number of hydrogen-bond acceptors (Lipinski definition) is 7. The van der Waals surface area contributed by atoms with E-state index in [1.54, 1.807) is 7.11 Å². The van der Waals surface area contributed by atoms with E-state index in [9.17, 15) is 14.9 Å². The zero-order valence-electron chi connectivity index (χ0n) is 11.1. The van der Waals surface area contributed by atoms with Crippen molar-refractivity contribution in [3.8, 4) is 5.75 Å². The first-order valence-electron chi connectivity index (χ1n) is 5.67. The van der Waals surface area contributed by atoms with Crippen molar-refractivity contribution in [2.24, 2.45) is 0 Å². The second-order valence-corrected chi connectivity index (χ2v) is 3.72. The van der Waals surface area contributed by atoms with E-state index in [1.807, 2.05) is 0 Å². The number of nitrogens with zero attached hydrogens (tertiary/aromatic N) is 1. The van der Waals surface area contributed by atoms with Crippen LogP contribution >= 0.6 is 0 Å². The quantitative estimate of drug-likeness (QED) is 0.273. The van der Waals surface area contributed by atoms with Crippen LogP contribution in [0.15, 0.2) is 24.3 Å². The molecule has 1 aliphatic heterocycles. The maximum absolute atomic E-state index is 10.6. The van der Waals surface area contributed by atoms with Crippen LogP contribution in [0.4, 0.5) is 10.5 Å². The van der Waals surface area contributed by atoms with Crippen LogP contribution in [0, 0.1) is 10.1 Å². The molecule has 20 heavy (non-hydrogen) atoms. The van der Waals surface area contributed by atoms with Crippen molar-refractivity contribution >= 4 is 11.8 Å². The number of epoxide rings is 1. The van der Waals surface area contributed by atoms with E-state index in [0.717, 1.165) is 13.2 Å². The molecule has 0 aliphatic carbocycles. The highest BCUT2D eigenvalue weighted by Gasteiger charge is 2.21. The standard InChI is InChI=1S/C8H7NO5.C4H8O2/c1-13-8(10)14-7-4-2-6(3-5-7)9(11)12;1-5-2-4-3-6-4/h2-5H,1H3;4H,2-3H2,1H3. The van der Waals surface area contributed by atoms with Crippen LogP contribution in [-0.2, 0) is 14.2 Å². The molecule has 1 heterocycles. The van der Waals surface area contributed by atoms with Gasteiger partial charge in [-0.15, -0.1) is 0 Å². The zero-order chi connectivity index (χ0) is 15.0. The number of carbonyl (C=O) groups is 1. The van der Waals surface area contributed by atoms with Gasteiger partial charge in [-0.1, -0.05) is 0 Å². The van der Waals surface area contributed by atoms with Gasteiger partial charge < -0.3 is 18.9 Å². The van der Waals surface area contributed by atoms with E-state index in [4.69, 9.17) is 9.47 Å². The summed E-state index contributed by atoms with van der Waals surface area (Å²) in [5, 5.41) is 10.3. The minimum atomic E-state index is -0.862. The third-order valence-corrected chi connectivity index (χ3v) is 2.17.